The topological polar surface area (TPSA) is 56.7 Å². The maximum atomic E-state index is 6.18. The van der Waals surface area contributed by atoms with E-state index in [0.717, 1.165) is 29.3 Å². The Morgan fingerprint density at radius 1 is 1.30 bits per heavy atom. The predicted octanol–water partition coefficient (Wildman–Crippen LogP) is 3.19. The molecule has 4 heteroatoms. The van der Waals surface area contributed by atoms with Crippen LogP contribution in [0.2, 0.25) is 0 Å². The Bertz CT molecular complexity index is 568. The van der Waals surface area contributed by atoms with Gasteiger partial charge in [-0.15, -0.1) is 0 Å². The van der Waals surface area contributed by atoms with Gasteiger partial charge < -0.3 is 5.73 Å². The molecule has 0 unspecified atom stereocenters. The van der Waals surface area contributed by atoms with E-state index in [1.165, 1.54) is 32.1 Å². The second-order valence-corrected chi connectivity index (χ2v) is 5.73. The molecule has 1 aliphatic carbocycles. The maximum absolute atomic E-state index is 6.18. The lowest BCUT2D eigenvalue weighted by atomic mass is 9.98. The minimum atomic E-state index is 0.713. The second-order valence-electron chi connectivity index (χ2n) is 5.73. The number of pyridine rings is 1. The predicted molar refractivity (Wildman–Crippen MR) is 81.1 cm³/mol. The largest absolute Gasteiger partial charge is 0.383 e. The van der Waals surface area contributed by atoms with Crippen LogP contribution in [0.15, 0.2) is 24.4 Å². The zero-order valence-electron chi connectivity index (χ0n) is 12.0. The summed E-state index contributed by atoms with van der Waals surface area (Å²) in [6.07, 6.45) is 9.56. The van der Waals surface area contributed by atoms with Gasteiger partial charge in [0.2, 0.25) is 0 Å². The molecular formula is C16H22N4. The molecule has 0 saturated heterocycles. The van der Waals surface area contributed by atoms with Crippen LogP contribution < -0.4 is 5.73 Å². The van der Waals surface area contributed by atoms with Gasteiger partial charge in [-0.2, -0.15) is 5.10 Å². The van der Waals surface area contributed by atoms with Crippen LogP contribution in [-0.2, 0) is 13.5 Å². The van der Waals surface area contributed by atoms with Gasteiger partial charge in [0.15, 0.2) is 0 Å². The van der Waals surface area contributed by atoms with Crippen molar-refractivity contribution in [3.63, 3.8) is 0 Å². The fourth-order valence-corrected chi connectivity index (χ4v) is 3.20. The third-order valence-corrected chi connectivity index (χ3v) is 4.35. The van der Waals surface area contributed by atoms with Gasteiger partial charge in [0.05, 0.1) is 17.0 Å². The lowest BCUT2D eigenvalue weighted by Crippen LogP contribution is -1.99. The summed E-state index contributed by atoms with van der Waals surface area (Å²) in [5.74, 6) is 1.58. The van der Waals surface area contributed by atoms with Crippen LogP contribution >= 0.6 is 0 Å². The Balaban J connectivity index is 1.85. The van der Waals surface area contributed by atoms with E-state index in [2.05, 4.69) is 10.1 Å². The van der Waals surface area contributed by atoms with E-state index in [4.69, 9.17) is 5.73 Å². The summed E-state index contributed by atoms with van der Waals surface area (Å²) in [5, 5.41) is 4.60. The summed E-state index contributed by atoms with van der Waals surface area (Å²) in [5.41, 5.74) is 9.22. The van der Waals surface area contributed by atoms with Crippen molar-refractivity contribution < 1.29 is 0 Å². The highest BCUT2D eigenvalue weighted by molar-refractivity contribution is 5.73. The second kappa shape index (κ2) is 5.65. The first-order valence-corrected chi connectivity index (χ1v) is 7.48. The van der Waals surface area contributed by atoms with Gasteiger partial charge in [-0.1, -0.05) is 31.7 Å². The molecule has 0 radical (unpaired) electrons. The minimum absolute atomic E-state index is 0.713. The van der Waals surface area contributed by atoms with E-state index in [0.29, 0.717) is 5.82 Å². The normalized spacial score (nSPS) is 15.8. The van der Waals surface area contributed by atoms with Crippen molar-refractivity contribution in [3.8, 4) is 11.3 Å². The average Bonchev–Trinajstić information content (AvgIpc) is 3.07. The van der Waals surface area contributed by atoms with Crippen molar-refractivity contribution in [1.29, 1.82) is 0 Å². The van der Waals surface area contributed by atoms with Crippen LogP contribution in [0.3, 0.4) is 0 Å². The summed E-state index contributed by atoms with van der Waals surface area (Å²) in [4.78, 5) is 4.43. The highest BCUT2D eigenvalue weighted by Gasteiger charge is 2.20. The first-order chi connectivity index (χ1) is 9.75. The lowest BCUT2D eigenvalue weighted by Gasteiger charge is -2.08. The molecule has 2 heterocycles. The van der Waals surface area contributed by atoms with E-state index in [9.17, 15) is 0 Å². The van der Waals surface area contributed by atoms with Crippen LogP contribution in [0.25, 0.3) is 11.3 Å². The Labute approximate surface area is 120 Å². The monoisotopic (exact) mass is 270 g/mol. The molecule has 20 heavy (non-hydrogen) atoms. The molecule has 0 bridgehead atoms. The molecule has 2 aromatic heterocycles. The molecule has 0 aliphatic heterocycles. The summed E-state index contributed by atoms with van der Waals surface area (Å²) in [6, 6.07) is 5.93. The first kappa shape index (κ1) is 13.2. The molecule has 0 atom stereocenters. The van der Waals surface area contributed by atoms with Crippen LogP contribution in [0, 0.1) is 5.92 Å². The third kappa shape index (κ3) is 2.55. The first-order valence-electron chi connectivity index (χ1n) is 7.48. The number of hydrogen-bond donors (Lipinski definition) is 1. The SMILES string of the molecule is Cn1nc(CCC2CCCC2)c(-c2ccccn2)c1N. The Morgan fingerprint density at radius 3 is 2.80 bits per heavy atom. The summed E-state index contributed by atoms with van der Waals surface area (Å²) < 4.78 is 1.77. The van der Waals surface area contributed by atoms with Crippen molar-refractivity contribution in [1.82, 2.24) is 14.8 Å². The number of anilines is 1. The number of hydrogen-bond acceptors (Lipinski definition) is 3. The van der Waals surface area contributed by atoms with Crippen LogP contribution in [0.5, 0.6) is 0 Å². The molecule has 106 valence electrons. The smallest absolute Gasteiger partial charge is 0.131 e. The Kier molecular flexibility index (Phi) is 3.72. The van der Waals surface area contributed by atoms with E-state index >= 15 is 0 Å². The van der Waals surface area contributed by atoms with Gasteiger partial charge in [0, 0.05) is 13.2 Å². The molecule has 1 aliphatic rings. The molecular weight excluding hydrogens is 248 g/mol. The molecule has 3 rings (SSSR count). The quantitative estimate of drug-likeness (QED) is 0.928. The summed E-state index contributed by atoms with van der Waals surface area (Å²) >= 11 is 0. The molecule has 0 amide bonds. The van der Waals surface area contributed by atoms with E-state index < -0.39 is 0 Å². The number of aryl methyl sites for hydroxylation is 2. The van der Waals surface area contributed by atoms with Gasteiger partial charge in [-0.25, -0.2) is 0 Å². The molecule has 0 spiro atoms. The van der Waals surface area contributed by atoms with Crippen molar-refractivity contribution in [2.75, 3.05) is 5.73 Å². The molecule has 4 nitrogen and oxygen atoms in total. The fraction of sp³-hybridized carbons (Fsp3) is 0.500. The molecule has 2 aromatic rings. The van der Waals surface area contributed by atoms with E-state index in [1.54, 1.807) is 4.68 Å². The molecule has 1 saturated carbocycles. The number of aromatic nitrogens is 3. The summed E-state index contributed by atoms with van der Waals surface area (Å²) in [6.45, 7) is 0. The van der Waals surface area contributed by atoms with Gasteiger partial charge in [-0.3, -0.25) is 9.67 Å². The van der Waals surface area contributed by atoms with Gasteiger partial charge >= 0.3 is 0 Å². The number of nitrogens with zero attached hydrogens (tertiary/aromatic N) is 3. The van der Waals surface area contributed by atoms with Crippen molar-refractivity contribution in [2.24, 2.45) is 13.0 Å². The Hall–Kier alpha value is -1.84. The van der Waals surface area contributed by atoms with Gasteiger partial charge in [0.25, 0.3) is 0 Å². The summed E-state index contributed by atoms with van der Waals surface area (Å²) in [7, 11) is 1.90. The fourth-order valence-electron chi connectivity index (χ4n) is 3.20. The highest BCUT2D eigenvalue weighted by atomic mass is 15.3. The Morgan fingerprint density at radius 2 is 2.10 bits per heavy atom. The average molecular weight is 270 g/mol. The molecule has 2 N–H and O–H groups in total. The van der Waals surface area contributed by atoms with Crippen LogP contribution in [-0.4, -0.2) is 14.8 Å². The van der Waals surface area contributed by atoms with Crippen LogP contribution in [0.1, 0.15) is 37.8 Å². The zero-order chi connectivity index (χ0) is 13.9. The van der Waals surface area contributed by atoms with Gasteiger partial charge in [0.1, 0.15) is 5.82 Å². The van der Waals surface area contributed by atoms with Crippen molar-refractivity contribution >= 4 is 5.82 Å². The zero-order valence-corrected chi connectivity index (χ0v) is 12.0. The highest BCUT2D eigenvalue weighted by Crippen LogP contribution is 2.32. The van der Waals surface area contributed by atoms with Gasteiger partial charge in [-0.05, 0) is 30.9 Å². The standard InChI is InChI=1S/C16H22N4/c1-20-16(17)15(13-8-4-5-11-18-13)14(19-20)10-9-12-6-2-3-7-12/h4-5,8,11-12H,2-3,6-7,9-10,17H2,1H3. The molecule has 1 fully saturated rings. The van der Waals surface area contributed by atoms with E-state index in [1.807, 2.05) is 31.4 Å². The number of rotatable bonds is 4. The maximum Gasteiger partial charge on any atom is 0.131 e. The lowest BCUT2D eigenvalue weighted by molar-refractivity contribution is 0.499. The van der Waals surface area contributed by atoms with Crippen molar-refractivity contribution in [3.05, 3.63) is 30.1 Å². The van der Waals surface area contributed by atoms with Crippen LogP contribution in [0.4, 0.5) is 5.82 Å². The number of nitrogen functional groups attached to an aromatic ring is 1. The van der Waals surface area contributed by atoms with E-state index in [-0.39, 0.29) is 0 Å². The third-order valence-electron chi connectivity index (χ3n) is 4.35. The number of nitrogens with two attached hydrogens (primary N) is 1. The molecule has 0 aromatic carbocycles. The minimum Gasteiger partial charge on any atom is -0.383 e. The van der Waals surface area contributed by atoms with Crippen molar-refractivity contribution in [2.45, 2.75) is 38.5 Å².